The van der Waals surface area contributed by atoms with Gasteiger partial charge in [-0.15, -0.1) is 0 Å². The maximum atomic E-state index is 14.5. The largest absolute Gasteiger partial charge is 0.489 e. The van der Waals surface area contributed by atoms with Crippen LogP contribution in [0.25, 0.3) is 0 Å². The molecule has 0 heterocycles. The Morgan fingerprint density at radius 1 is 1.31 bits per heavy atom. The van der Waals surface area contributed by atoms with Crippen LogP contribution >= 0.6 is 11.6 Å². The normalized spacial score (nSPS) is 15.0. The number of rotatable bonds is 4. The number of hydrogen-bond donors (Lipinski definition) is 2. The molecule has 0 unspecified atom stereocenters. The first-order valence-electron chi connectivity index (χ1n) is 8.41. The summed E-state index contributed by atoms with van der Waals surface area (Å²) in [6.45, 7) is 4.91. The number of nitrogens with zero attached hydrogens (tertiary/aromatic N) is 1. The van der Waals surface area contributed by atoms with E-state index in [1.807, 2.05) is 0 Å². The molecule has 2 rings (SSSR count). The summed E-state index contributed by atoms with van der Waals surface area (Å²) in [6, 6.07) is 0.983. The Labute approximate surface area is 156 Å². The van der Waals surface area contributed by atoms with Gasteiger partial charge in [-0.05, 0) is 31.7 Å². The van der Waals surface area contributed by atoms with Crippen LogP contribution in [0.3, 0.4) is 0 Å². The topological polar surface area (TPSA) is 96.5 Å². The lowest BCUT2D eigenvalue weighted by molar-refractivity contribution is -0.112. The van der Waals surface area contributed by atoms with Crippen molar-refractivity contribution >= 4 is 34.9 Å². The van der Waals surface area contributed by atoms with Crippen molar-refractivity contribution in [2.75, 3.05) is 4.90 Å². The molecule has 0 radical (unpaired) electrons. The summed E-state index contributed by atoms with van der Waals surface area (Å²) in [6.07, 6.45) is 3.74. The zero-order chi connectivity index (χ0) is 19.6. The predicted molar refractivity (Wildman–Crippen MR) is 98.5 cm³/mol. The van der Waals surface area contributed by atoms with Crippen LogP contribution < -0.4 is 15.4 Å². The highest BCUT2D eigenvalue weighted by molar-refractivity contribution is 6.48. The molecule has 1 fully saturated rings. The van der Waals surface area contributed by atoms with E-state index < -0.39 is 23.2 Å². The van der Waals surface area contributed by atoms with Crippen LogP contribution in [0.4, 0.5) is 14.9 Å². The van der Waals surface area contributed by atoms with Crippen molar-refractivity contribution < 1.29 is 18.7 Å². The number of benzene rings is 1. The number of imide groups is 1. The smallest absolute Gasteiger partial charge is 0.326 e. The number of urea groups is 1. The molecule has 3 N–H and O–H groups in total. The van der Waals surface area contributed by atoms with Crippen molar-refractivity contribution in [3.05, 3.63) is 23.0 Å². The molecule has 1 saturated carbocycles. The molecule has 8 heteroatoms. The quantitative estimate of drug-likeness (QED) is 0.759. The van der Waals surface area contributed by atoms with E-state index in [0.29, 0.717) is 4.90 Å². The van der Waals surface area contributed by atoms with Crippen LogP contribution in [0, 0.1) is 16.6 Å². The summed E-state index contributed by atoms with van der Waals surface area (Å²) in [5.74, 6) is -1.71. The zero-order valence-electron chi connectivity index (χ0n) is 15.1. The number of hydrogen-bond acceptors (Lipinski definition) is 4. The van der Waals surface area contributed by atoms with Gasteiger partial charge in [-0.25, -0.2) is 14.1 Å². The molecule has 0 aromatic heterocycles. The summed E-state index contributed by atoms with van der Waals surface area (Å²) in [5, 5.41) is 8.03. The monoisotopic (exact) mass is 383 g/mol. The highest BCUT2D eigenvalue weighted by Crippen LogP contribution is 2.35. The molecule has 3 amide bonds. The van der Waals surface area contributed by atoms with Gasteiger partial charge in [0.1, 0.15) is 17.3 Å². The Bertz CT molecular complexity index is 740. The average Bonchev–Trinajstić information content (AvgIpc) is 3.02. The van der Waals surface area contributed by atoms with Gasteiger partial charge in [-0.2, -0.15) is 0 Å². The number of primary amides is 1. The van der Waals surface area contributed by atoms with Gasteiger partial charge in [0.25, 0.3) is 5.91 Å². The van der Waals surface area contributed by atoms with E-state index in [0.717, 1.165) is 31.7 Å². The summed E-state index contributed by atoms with van der Waals surface area (Å²) in [5.41, 5.74) is 3.71. The lowest BCUT2D eigenvalue weighted by Gasteiger charge is -2.26. The highest BCUT2D eigenvalue weighted by Gasteiger charge is 2.34. The van der Waals surface area contributed by atoms with Crippen molar-refractivity contribution in [3.8, 4) is 5.75 Å². The lowest BCUT2D eigenvalue weighted by Crippen LogP contribution is -2.47. The number of nitrogens with two attached hydrogens (primary N) is 1. The molecule has 0 spiro atoms. The van der Waals surface area contributed by atoms with E-state index in [4.69, 9.17) is 27.5 Å². The fraction of sp³-hybridized carbons (Fsp3) is 0.500. The Morgan fingerprint density at radius 3 is 2.38 bits per heavy atom. The molecule has 1 aliphatic rings. The minimum absolute atomic E-state index is 0.0425. The van der Waals surface area contributed by atoms with Gasteiger partial charge in [-0.3, -0.25) is 10.2 Å². The Morgan fingerprint density at radius 2 is 1.88 bits per heavy atom. The zero-order valence-corrected chi connectivity index (χ0v) is 15.8. The number of carbonyl (C=O) groups is 2. The Hall–Kier alpha value is -2.15. The maximum Gasteiger partial charge on any atom is 0.326 e. The third-order valence-corrected chi connectivity index (χ3v) is 4.52. The molecule has 0 atom stereocenters. The molecule has 142 valence electrons. The predicted octanol–water partition coefficient (Wildman–Crippen LogP) is 4.28. The van der Waals surface area contributed by atoms with Crippen LogP contribution in [0.2, 0.25) is 5.02 Å². The fourth-order valence-corrected chi connectivity index (χ4v) is 2.92. The number of carbonyl (C=O) groups excluding carboxylic acids is 2. The summed E-state index contributed by atoms with van der Waals surface area (Å²) in [7, 11) is 0. The number of nitrogens with one attached hydrogen (secondary N) is 1. The van der Waals surface area contributed by atoms with Crippen LogP contribution in [0.5, 0.6) is 5.75 Å². The molecule has 26 heavy (non-hydrogen) atoms. The Kier molecular flexibility index (Phi) is 5.91. The summed E-state index contributed by atoms with van der Waals surface area (Å²) in [4.78, 5) is 24.9. The second-order valence-corrected chi connectivity index (χ2v) is 7.77. The van der Waals surface area contributed by atoms with Crippen LogP contribution in [-0.2, 0) is 4.79 Å². The molecular weight excluding hydrogens is 361 g/mol. The van der Waals surface area contributed by atoms with Gasteiger partial charge in [0.15, 0.2) is 0 Å². The summed E-state index contributed by atoms with van der Waals surface area (Å²) >= 11 is 6.05. The fourth-order valence-electron chi connectivity index (χ4n) is 2.73. The summed E-state index contributed by atoms with van der Waals surface area (Å²) < 4.78 is 20.3. The first-order valence-corrected chi connectivity index (χ1v) is 8.78. The number of halogens is 2. The first kappa shape index (κ1) is 20.2. The molecular formula is C18H23ClFN3O3. The van der Waals surface area contributed by atoms with Crippen molar-refractivity contribution in [2.45, 2.75) is 52.6 Å². The van der Waals surface area contributed by atoms with Crippen LogP contribution in [-0.4, -0.2) is 23.8 Å². The first-order chi connectivity index (χ1) is 12.0. The SMILES string of the molecule is CC(C)(C)C(=N)C(=O)N(C(N)=O)c1cc(OC2CCCC2)c(Cl)cc1F. The molecule has 0 aliphatic heterocycles. The van der Waals surface area contributed by atoms with E-state index in [-0.39, 0.29) is 28.3 Å². The van der Waals surface area contributed by atoms with Gasteiger partial charge < -0.3 is 10.5 Å². The van der Waals surface area contributed by atoms with Gasteiger partial charge in [-0.1, -0.05) is 32.4 Å². The molecule has 6 nitrogen and oxygen atoms in total. The third-order valence-electron chi connectivity index (χ3n) is 4.23. The second-order valence-electron chi connectivity index (χ2n) is 7.36. The van der Waals surface area contributed by atoms with Crippen molar-refractivity contribution in [3.63, 3.8) is 0 Å². The molecule has 1 aliphatic carbocycles. The lowest BCUT2D eigenvalue weighted by atomic mass is 9.89. The van der Waals surface area contributed by atoms with Gasteiger partial charge in [0.2, 0.25) is 0 Å². The van der Waals surface area contributed by atoms with E-state index in [2.05, 4.69) is 0 Å². The number of ether oxygens (including phenoxy) is 1. The molecule has 0 bridgehead atoms. The van der Waals surface area contributed by atoms with Gasteiger partial charge in [0, 0.05) is 11.5 Å². The van der Waals surface area contributed by atoms with Gasteiger partial charge in [0.05, 0.1) is 16.8 Å². The minimum atomic E-state index is -1.18. The van der Waals surface area contributed by atoms with E-state index in [1.165, 1.54) is 6.07 Å². The van der Waals surface area contributed by atoms with Crippen molar-refractivity contribution in [2.24, 2.45) is 11.1 Å². The second kappa shape index (κ2) is 7.61. The molecule has 1 aromatic rings. The van der Waals surface area contributed by atoms with E-state index in [9.17, 15) is 14.0 Å². The van der Waals surface area contributed by atoms with E-state index in [1.54, 1.807) is 20.8 Å². The van der Waals surface area contributed by atoms with Crippen molar-refractivity contribution in [1.82, 2.24) is 0 Å². The highest BCUT2D eigenvalue weighted by atomic mass is 35.5. The van der Waals surface area contributed by atoms with Crippen LogP contribution in [0.1, 0.15) is 46.5 Å². The maximum absolute atomic E-state index is 14.5. The minimum Gasteiger partial charge on any atom is -0.489 e. The number of amides is 3. The third kappa shape index (κ3) is 4.33. The molecule has 1 aromatic carbocycles. The van der Waals surface area contributed by atoms with Crippen LogP contribution in [0.15, 0.2) is 12.1 Å². The van der Waals surface area contributed by atoms with Crippen molar-refractivity contribution in [1.29, 1.82) is 5.41 Å². The standard InChI is InChI=1S/C18H23ClFN3O3/c1-18(2,3)15(21)16(24)23(17(22)25)13-9-14(11(19)8-12(13)20)26-10-6-4-5-7-10/h8-10,21H,4-7H2,1-3H3,(H2,22,25). The number of anilines is 1. The van der Waals surface area contributed by atoms with Gasteiger partial charge >= 0.3 is 6.03 Å². The molecule has 0 saturated heterocycles. The van der Waals surface area contributed by atoms with E-state index >= 15 is 0 Å². The Balaban J connectivity index is 2.43. The average molecular weight is 384 g/mol.